The summed E-state index contributed by atoms with van der Waals surface area (Å²) < 4.78 is 4.96. The predicted molar refractivity (Wildman–Crippen MR) is 63.4 cm³/mol. The lowest BCUT2D eigenvalue weighted by molar-refractivity contribution is 0.0699. The summed E-state index contributed by atoms with van der Waals surface area (Å²) in [5.74, 6) is -0.897. The summed E-state index contributed by atoms with van der Waals surface area (Å²) in [7, 11) is 1.62. The average molecular weight is 243 g/mol. The van der Waals surface area contributed by atoms with Gasteiger partial charge in [0, 0.05) is 18.9 Å². The molecule has 0 fully saturated rings. The number of ether oxygens (including phenoxy) is 1. The third-order valence-corrected chi connectivity index (χ3v) is 3.20. The third-order valence-electron chi connectivity index (χ3n) is 2.10. The summed E-state index contributed by atoms with van der Waals surface area (Å²) in [5, 5.41) is 9.93. The van der Waals surface area contributed by atoms with Crippen molar-refractivity contribution in [2.75, 3.05) is 13.7 Å². The molecule has 0 radical (unpaired) electrons. The third kappa shape index (κ3) is 3.02. The Balaban J connectivity index is 3.06. The number of carboxylic acid groups (broad SMARTS) is 1. The Kier molecular flexibility index (Phi) is 4.04. The number of hydrogen-bond acceptors (Lipinski definition) is 4. The first-order valence-electron chi connectivity index (χ1n) is 5.08. The van der Waals surface area contributed by atoms with E-state index in [1.165, 1.54) is 11.3 Å². The first-order valence-corrected chi connectivity index (χ1v) is 5.90. The van der Waals surface area contributed by atoms with E-state index in [9.17, 15) is 4.79 Å². The van der Waals surface area contributed by atoms with Gasteiger partial charge in [-0.25, -0.2) is 9.78 Å². The Morgan fingerprint density at radius 1 is 1.50 bits per heavy atom. The fourth-order valence-corrected chi connectivity index (χ4v) is 2.41. The van der Waals surface area contributed by atoms with Crippen LogP contribution in [0.5, 0.6) is 0 Å². The zero-order valence-electron chi connectivity index (χ0n) is 10.0. The summed E-state index contributed by atoms with van der Waals surface area (Å²) in [6.45, 7) is 6.47. The minimum atomic E-state index is -0.897. The lowest BCUT2D eigenvalue weighted by atomic mass is 9.91. The Bertz CT molecular complexity index is 379. The highest BCUT2D eigenvalue weighted by Gasteiger charge is 2.26. The molecule has 0 unspecified atom stereocenters. The van der Waals surface area contributed by atoms with Crippen molar-refractivity contribution in [3.63, 3.8) is 0 Å². The standard InChI is InChI=1S/C11H17NO3S/c1-11(2,3)9-8(10(13)14)16-7(12-9)5-6-15-4/h5-6H2,1-4H3,(H,13,14). The molecule has 0 spiro atoms. The van der Waals surface area contributed by atoms with Crippen LogP contribution in [0.2, 0.25) is 0 Å². The number of aromatic nitrogens is 1. The summed E-state index contributed by atoms with van der Waals surface area (Å²) in [6.07, 6.45) is 0.664. The van der Waals surface area contributed by atoms with Crippen molar-refractivity contribution in [2.45, 2.75) is 32.6 Å². The molecule has 0 aliphatic heterocycles. The Morgan fingerprint density at radius 3 is 2.50 bits per heavy atom. The largest absolute Gasteiger partial charge is 0.477 e. The fraction of sp³-hybridized carbons (Fsp3) is 0.636. The average Bonchev–Trinajstić information content (AvgIpc) is 2.58. The lowest BCUT2D eigenvalue weighted by Gasteiger charge is -2.16. The summed E-state index contributed by atoms with van der Waals surface area (Å²) >= 11 is 1.24. The van der Waals surface area contributed by atoms with Crippen LogP contribution in [0.4, 0.5) is 0 Å². The topological polar surface area (TPSA) is 59.4 Å². The van der Waals surface area contributed by atoms with Gasteiger partial charge in [0.2, 0.25) is 0 Å². The molecule has 0 amide bonds. The van der Waals surface area contributed by atoms with Gasteiger partial charge in [0.1, 0.15) is 4.88 Å². The summed E-state index contributed by atoms with van der Waals surface area (Å²) in [4.78, 5) is 15.8. The van der Waals surface area contributed by atoms with Crippen LogP contribution >= 0.6 is 11.3 Å². The molecule has 4 nitrogen and oxygen atoms in total. The van der Waals surface area contributed by atoms with Crippen LogP contribution in [-0.4, -0.2) is 29.8 Å². The monoisotopic (exact) mass is 243 g/mol. The van der Waals surface area contributed by atoms with E-state index >= 15 is 0 Å². The van der Waals surface area contributed by atoms with Gasteiger partial charge in [0.15, 0.2) is 0 Å². The normalized spacial score (nSPS) is 11.8. The molecular formula is C11H17NO3S. The van der Waals surface area contributed by atoms with Crippen molar-refractivity contribution in [3.05, 3.63) is 15.6 Å². The van der Waals surface area contributed by atoms with E-state index in [0.29, 0.717) is 23.6 Å². The molecule has 0 aliphatic rings. The molecule has 0 aromatic carbocycles. The predicted octanol–water partition coefficient (Wildman–Crippen LogP) is 2.33. The molecule has 1 aromatic rings. The van der Waals surface area contributed by atoms with Gasteiger partial charge in [0.25, 0.3) is 0 Å². The van der Waals surface area contributed by atoms with E-state index in [4.69, 9.17) is 9.84 Å². The summed E-state index contributed by atoms with van der Waals surface area (Å²) in [5.41, 5.74) is 0.423. The quantitative estimate of drug-likeness (QED) is 0.881. The minimum absolute atomic E-state index is 0.241. The zero-order valence-corrected chi connectivity index (χ0v) is 10.8. The van der Waals surface area contributed by atoms with Crippen LogP contribution in [0.15, 0.2) is 0 Å². The van der Waals surface area contributed by atoms with Gasteiger partial charge < -0.3 is 9.84 Å². The highest BCUT2D eigenvalue weighted by molar-refractivity contribution is 7.13. The van der Waals surface area contributed by atoms with Crippen LogP contribution in [0, 0.1) is 0 Å². The molecule has 0 atom stereocenters. The van der Waals surface area contributed by atoms with Crippen LogP contribution in [0.3, 0.4) is 0 Å². The maximum absolute atomic E-state index is 11.1. The van der Waals surface area contributed by atoms with Crippen LogP contribution in [0.1, 0.15) is 41.1 Å². The van der Waals surface area contributed by atoms with Gasteiger partial charge in [0.05, 0.1) is 17.3 Å². The van der Waals surface area contributed by atoms with Gasteiger partial charge in [-0.3, -0.25) is 0 Å². The zero-order chi connectivity index (χ0) is 12.3. The number of carbonyl (C=O) groups is 1. The number of aromatic carboxylic acids is 1. The Morgan fingerprint density at radius 2 is 2.12 bits per heavy atom. The first kappa shape index (κ1) is 13.1. The molecule has 1 aromatic heterocycles. The van der Waals surface area contributed by atoms with E-state index in [1.54, 1.807) is 7.11 Å². The maximum atomic E-state index is 11.1. The molecule has 16 heavy (non-hydrogen) atoms. The van der Waals surface area contributed by atoms with E-state index in [-0.39, 0.29) is 5.41 Å². The minimum Gasteiger partial charge on any atom is -0.477 e. The van der Waals surface area contributed by atoms with Crippen LogP contribution in [0.25, 0.3) is 0 Å². The van der Waals surface area contributed by atoms with Gasteiger partial charge in [-0.1, -0.05) is 20.8 Å². The van der Waals surface area contributed by atoms with Crippen molar-refractivity contribution >= 4 is 17.3 Å². The van der Waals surface area contributed by atoms with Crippen LogP contribution < -0.4 is 0 Å². The van der Waals surface area contributed by atoms with Crippen molar-refractivity contribution in [2.24, 2.45) is 0 Å². The number of rotatable bonds is 4. The summed E-state index contributed by atoms with van der Waals surface area (Å²) in [6, 6.07) is 0. The highest BCUT2D eigenvalue weighted by Crippen LogP contribution is 2.29. The molecule has 1 rings (SSSR count). The van der Waals surface area contributed by atoms with E-state index < -0.39 is 5.97 Å². The SMILES string of the molecule is COCCc1nc(C(C)(C)C)c(C(=O)O)s1. The number of thiazole rings is 1. The number of carboxylic acids is 1. The second-order valence-electron chi connectivity index (χ2n) is 4.58. The maximum Gasteiger partial charge on any atom is 0.347 e. The number of hydrogen-bond donors (Lipinski definition) is 1. The second-order valence-corrected chi connectivity index (χ2v) is 5.67. The molecule has 1 N–H and O–H groups in total. The highest BCUT2D eigenvalue weighted by atomic mass is 32.1. The van der Waals surface area contributed by atoms with Crippen molar-refractivity contribution in [1.82, 2.24) is 4.98 Å². The molecule has 0 saturated heterocycles. The van der Waals surface area contributed by atoms with E-state index in [2.05, 4.69) is 4.98 Å². The second kappa shape index (κ2) is 4.93. The van der Waals surface area contributed by atoms with Crippen molar-refractivity contribution in [3.8, 4) is 0 Å². The number of methoxy groups -OCH3 is 1. The Hall–Kier alpha value is -0.940. The van der Waals surface area contributed by atoms with Gasteiger partial charge >= 0.3 is 5.97 Å². The smallest absolute Gasteiger partial charge is 0.347 e. The van der Waals surface area contributed by atoms with Gasteiger partial charge in [-0.2, -0.15) is 0 Å². The lowest BCUT2D eigenvalue weighted by Crippen LogP contribution is -2.16. The number of nitrogens with zero attached hydrogens (tertiary/aromatic N) is 1. The molecular weight excluding hydrogens is 226 g/mol. The molecule has 0 saturated carbocycles. The fourth-order valence-electron chi connectivity index (χ4n) is 1.31. The molecule has 0 aliphatic carbocycles. The van der Waals surface area contributed by atoms with Gasteiger partial charge in [-0.05, 0) is 0 Å². The first-order chi connectivity index (χ1) is 7.36. The molecule has 1 heterocycles. The van der Waals surface area contributed by atoms with Crippen molar-refractivity contribution < 1.29 is 14.6 Å². The van der Waals surface area contributed by atoms with Gasteiger partial charge in [-0.15, -0.1) is 11.3 Å². The molecule has 5 heteroatoms. The van der Waals surface area contributed by atoms with Crippen molar-refractivity contribution in [1.29, 1.82) is 0 Å². The molecule has 0 bridgehead atoms. The van der Waals surface area contributed by atoms with E-state index in [1.807, 2.05) is 20.8 Å². The van der Waals surface area contributed by atoms with E-state index in [0.717, 1.165) is 5.01 Å². The Labute approximate surface area is 99.3 Å². The van der Waals surface area contributed by atoms with Crippen LogP contribution in [-0.2, 0) is 16.6 Å². The molecule has 90 valence electrons.